The molecular formula is C16H24F2IN5O. The molecule has 0 radical (unpaired) electrons. The van der Waals surface area contributed by atoms with E-state index in [1.165, 1.54) is 0 Å². The van der Waals surface area contributed by atoms with Crippen LogP contribution in [0, 0.1) is 11.6 Å². The summed E-state index contributed by atoms with van der Waals surface area (Å²) in [5.74, 6) is -0.722. The maximum absolute atomic E-state index is 13.6. The highest BCUT2D eigenvalue weighted by Gasteiger charge is 2.20. The molecule has 0 spiro atoms. The fourth-order valence-corrected chi connectivity index (χ4v) is 2.70. The standard InChI is InChI=1S/C16H23F2N5O.HI/c1-20-16(21-9-11-8-12(17)2-3-14(11)18)22-13-4-6-23(7-5-13)10-15(19)24;/h2-3,8,13H,4-7,9-10H2,1H3,(H2,19,24)(H2,20,21,22);1H. The van der Waals surface area contributed by atoms with E-state index in [0.717, 1.165) is 44.1 Å². The Balaban J connectivity index is 0.00000312. The van der Waals surface area contributed by atoms with Crippen molar-refractivity contribution in [1.82, 2.24) is 15.5 Å². The van der Waals surface area contributed by atoms with Gasteiger partial charge in [0.2, 0.25) is 5.91 Å². The molecule has 9 heteroatoms. The molecule has 1 fully saturated rings. The zero-order valence-corrected chi connectivity index (χ0v) is 16.4. The van der Waals surface area contributed by atoms with Gasteiger partial charge >= 0.3 is 0 Å². The molecule has 0 aromatic heterocycles. The summed E-state index contributed by atoms with van der Waals surface area (Å²) in [6.45, 7) is 1.97. The Labute approximate surface area is 163 Å². The number of rotatable bonds is 5. The van der Waals surface area contributed by atoms with Gasteiger partial charge in [-0.25, -0.2) is 8.78 Å². The Bertz CT molecular complexity index is 606. The number of nitrogens with zero attached hydrogens (tertiary/aromatic N) is 2. The second-order valence-corrected chi connectivity index (χ2v) is 5.82. The third-order valence-corrected chi connectivity index (χ3v) is 3.99. The molecule has 1 aromatic carbocycles. The largest absolute Gasteiger partial charge is 0.369 e. The van der Waals surface area contributed by atoms with E-state index >= 15 is 0 Å². The Hall–Kier alpha value is -1.49. The van der Waals surface area contributed by atoms with E-state index in [0.29, 0.717) is 5.96 Å². The third kappa shape index (κ3) is 7.10. The van der Waals surface area contributed by atoms with Crippen LogP contribution in [0.1, 0.15) is 18.4 Å². The molecule has 2 rings (SSSR count). The van der Waals surface area contributed by atoms with Gasteiger partial charge in [0.1, 0.15) is 11.6 Å². The minimum atomic E-state index is -0.474. The summed E-state index contributed by atoms with van der Waals surface area (Å²) in [5, 5.41) is 6.25. The van der Waals surface area contributed by atoms with Crippen LogP contribution in [-0.4, -0.2) is 49.5 Å². The minimum Gasteiger partial charge on any atom is -0.369 e. The lowest BCUT2D eigenvalue weighted by atomic mass is 10.1. The number of guanidine groups is 1. The maximum Gasteiger partial charge on any atom is 0.231 e. The lowest BCUT2D eigenvalue weighted by molar-refractivity contribution is -0.119. The van der Waals surface area contributed by atoms with Crippen molar-refractivity contribution in [3.05, 3.63) is 35.4 Å². The number of carbonyl (C=O) groups is 1. The van der Waals surface area contributed by atoms with Gasteiger partial charge in [-0.3, -0.25) is 14.7 Å². The molecule has 1 aliphatic heterocycles. The van der Waals surface area contributed by atoms with Crippen LogP contribution in [0.3, 0.4) is 0 Å². The van der Waals surface area contributed by atoms with Gasteiger partial charge < -0.3 is 16.4 Å². The highest BCUT2D eigenvalue weighted by atomic mass is 127. The second-order valence-electron chi connectivity index (χ2n) is 5.82. The van der Waals surface area contributed by atoms with E-state index in [9.17, 15) is 13.6 Å². The molecule has 25 heavy (non-hydrogen) atoms. The number of carbonyl (C=O) groups excluding carboxylic acids is 1. The van der Waals surface area contributed by atoms with Crippen LogP contribution >= 0.6 is 24.0 Å². The third-order valence-electron chi connectivity index (χ3n) is 3.99. The Kier molecular flexibility index (Phi) is 9.04. The van der Waals surface area contributed by atoms with Crippen LogP contribution in [0.4, 0.5) is 8.78 Å². The van der Waals surface area contributed by atoms with Gasteiger partial charge in [-0.05, 0) is 31.0 Å². The molecule has 0 aliphatic carbocycles. The van der Waals surface area contributed by atoms with E-state index < -0.39 is 11.6 Å². The Morgan fingerprint density at radius 1 is 1.36 bits per heavy atom. The average molecular weight is 467 g/mol. The highest BCUT2D eigenvalue weighted by molar-refractivity contribution is 14.0. The molecule has 1 amide bonds. The van der Waals surface area contributed by atoms with Crippen LogP contribution in [0.15, 0.2) is 23.2 Å². The van der Waals surface area contributed by atoms with E-state index in [-0.39, 0.29) is 54.6 Å². The highest BCUT2D eigenvalue weighted by Crippen LogP contribution is 2.11. The normalized spacial score (nSPS) is 16.2. The van der Waals surface area contributed by atoms with Crippen LogP contribution in [0.25, 0.3) is 0 Å². The van der Waals surface area contributed by atoms with Crippen LogP contribution in [-0.2, 0) is 11.3 Å². The number of benzene rings is 1. The van der Waals surface area contributed by atoms with Crippen molar-refractivity contribution in [2.24, 2.45) is 10.7 Å². The summed E-state index contributed by atoms with van der Waals surface area (Å²) in [6.07, 6.45) is 1.70. The maximum atomic E-state index is 13.6. The summed E-state index contributed by atoms with van der Waals surface area (Å²) in [6, 6.07) is 3.57. The predicted octanol–water partition coefficient (Wildman–Crippen LogP) is 1.20. The summed E-state index contributed by atoms with van der Waals surface area (Å²) in [5.41, 5.74) is 5.44. The van der Waals surface area contributed by atoms with E-state index in [1.54, 1.807) is 7.05 Å². The molecule has 0 saturated carbocycles. The van der Waals surface area contributed by atoms with Gasteiger partial charge in [0, 0.05) is 38.3 Å². The molecule has 0 unspecified atom stereocenters. The first-order chi connectivity index (χ1) is 11.5. The molecule has 1 aromatic rings. The summed E-state index contributed by atoms with van der Waals surface area (Å²) in [7, 11) is 1.62. The van der Waals surface area contributed by atoms with Gasteiger partial charge in [-0.2, -0.15) is 0 Å². The fraction of sp³-hybridized carbons (Fsp3) is 0.500. The van der Waals surface area contributed by atoms with E-state index in [2.05, 4.69) is 15.6 Å². The van der Waals surface area contributed by atoms with Crippen molar-refractivity contribution >= 4 is 35.8 Å². The van der Waals surface area contributed by atoms with Gasteiger partial charge in [0.15, 0.2) is 5.96 Å². The Morgan fingerprint density at radius 2 is 2.04 bits per heavy atom. The lowest BCUT2D eigenvalue weighted by Gasteiger charge is -2.32. The van der Waals surface area contributed by atoms with E-state index in [4.69, 9.17) is 5.73 Å². The SMILES string of the molecule is CN=C(NCc1cc(F)ccc1F)NC1CCN(CC(N)=O)CC1.I. The van der Waals surface area contributed by atoms with Crippen molar-refractivity contribution in [3.63, 3.8) is 0 Å². The predicted molar refractivity (Wildman–Crippen MR) is 104 cm³/mol. The van der Waals surface area contributed by atoms with Crippen LogP contribution < -0.4 is 16.4 Å². The van der Waals surface area contributed by atoms with E-state index in [1.807, 2.05) is 4.90 Å². The van der Waals surface area contributed by atoms with Crippen molar-refractivity contribution in [2.75, 3.05) is 26.7 Å². The van der Waals surface area contributed by atoms with Crippen LogP contribution in [0.2, 0.25) is 0 Å². The second kappa shape index (κ2) is 10.5. The average Bonchev–Trinajstić information content (AvgIpc) is 2.55. The number of hydrogen-bond donors (Lipinski definition) is 3. The smallest absolute Gasteiger partial charge is 0.231 e. The molecule has 1 saturated heterocycles. The number of hydrogen-bond acceptors (Lipinski definition) is 3. The monoisotopic (exact) mass is 467 g/mol. The number of piperidine rings is 1. The van der Waals surface area contributed by atoms with Crippen molar-refractivity contribution in [1.29, 1.82) is 0 Å². The molecule has 0 atom stereocenters. The zero-order valence-electron chi connectivity index (χ0n) is 14.1. The minimum absolute atomic E-state index is 0. The van der Waals surface area contributed by atoms with Gasteiger partial charge in [0.25, 0.3) is 0 Å². The summed E-state index contributed by atoms with van der Waals surface area (Å²) >= 11 is 0. The number of primary amides is 1. The summed E-state index contributed by atoms with van der Waals surface area (Å²) in [4.78, 5) is 17.0. The molecular weight excluding hydrogens is 443 g/mol. The molecule has 1 aliphatic rings. The number of nitrogens with one attached hydrogen (secondary N) is 2. The van der Waals surface area contributed by atoms with Crippen LogP contribution in [0.5, 0.6) is 0 Å². The molecule has 1 heterocycles. The first-order valence-electron chi connectivity index (χ1n) is 7.89. The number of likely N-dealkylation sites (tertiary alicyclic amines) is 1. The quantitative estimate of drug-likeness (QED) is 0.346. The molecule has 4 N–H and O–H groups in total. The number of aliphatic imine (C=N–C) groups is 1. The number of amides is 1. The molecule has 0 bridgehead atoms. The summed E-state index contributed by atoms with van der Waals surface area (Å²) < 4.78 is 26.8. The number of nitrogens with two attached hydrogens (primary N) is 1. The Morgan fingerprint density at radius 3 is 2.64 bits per heavy atom. The van der Waals surface area contributed by atoms with Crippen molar-refractivity contribution in [2.45, 2.75) is 25.4 Å². The molecule has 140 valence electrons. The van der Waals surface area contributed by atoms with Gasteiger partial charge in [-0.15, -0.1) is 24.0 Å². The van der Waals surface area contributed by atoms with Gasteiger partial charge in [0.05, 0.1) is 6.54 Å². The van der Waals surface area contributed by atoms with Gasteiger partial charge in [-0.1, -0.05) is 0 Å². The number of halogens is 3. The molecule has 6 nitrogen and oxygen atoms in total. The fourth-order valence-electron chi connectivity index (χ4n) is 2.70. The first kappa shape index (κ1) is 21.6. The lowest BCUT2D eigenvalue weighted by Crippen LogP contribution is -2.49. The van der Waals surface area contributed by atoms with Crippen molar-refractivity contribution < 1.29 is 13.6 Å². The van der Waals surface area contributed by atoms with Crippen molar-refractivity contribution in [3.8, 4) is 0 Å². The zero-order chi connectivity index (χ0) is 17.5. The topological polar surface area (TPSA) is 82.8 Å². The first-order valence-corrected chi connectivity index (χ1v) is 7.89.